The van der Waals surface area contributed by atoms with Crippen LogP contribution in [0.5, 0.6) is 11.5 Å². The van der Waals surface area contributed by atoms with Crippen molar-refractivity contribution in [2.24, 2.45) is 0 Å². The van der Waals surface area contributed by atoms with Crippen molar-refractivity contribution in [3.8, 4) is 11.5 Å². The van der Waals surface area contributed by atoms with Crippen LogP contribution in [0.3, 0.4) is 0 Å². The Hall–Kier alpha value is -1.66. The van der Waals surface area contributed by atoms with Gasteiger partial charge < -0.3 is 19.7 Å². The standard InChI is InChI=1S/C10H8Cl2O6/c11-5-1-6(12)8(18-4-10(15)16)2-7(5)17-3-9(13)14/h1-2H,3-4H2,(H,13,14)(H,15,16). The van der Waals surface area contributed by atoms with E-state index in [1.807, 2.05) is 0 Å². The van der Waals surface area contributed by atoms with E-state index in [0.717, 1.165) is 0 Å². The average Bonchev–Trinajstić information content (AvgIpc) is 2.26. The molecule has 6 nitrogen and oxygen atoms in total. The summed E-state index contributed by atoms with van der Waals surface area (Å²) in [5.41, 5.74) is 0. The summed E-state index contributed by atoms with van der Waals surface area (Å²) < 4.78 is 9.77. The van der Waals surface area contributed by atoms with Gasteiger partial charge in [0, 0.05) is 6.07 Å². The summed E-state index contributed by atoms with van der Waals surface area (Å²) >= 11 is 11.5. The van der Waals surface area contributed by atoms with E-state index < -0.39 is 25.2 Å². The number of halogens is 2. The first-order valence-electron chi connectivity index (χ1n) is 4.58. The fourth-order valence-electron chi connectivity index (χ4n) is 1.01. The molecule has 8 heteroatoms. The molecule has 1 aromatic carbocycles. The molecule has 0 unspecified atom stereocenters. The normalized spacial score (nSPS) is 9.89. The first kappa shape index (κ1) is 14.4. The number of ether oxygens (including phenoxy) is 2. The molecule has 0 heterocycles. The molecular weight excluding hydrogens is 287 g/mol. The van der Waals surface area contributed by atoms with E-state index in [2.05, 4.69) is 0 Å². The molecule has 2 N–H and O–H groups in total. The predicted octanol–water partition coefficient (Wildman–Crippen LogP) is 1.92. The van der Waals surface area contributed by atoms with E-state index in [9.17, 15) is 9.59 Å². The van der Waals surface area contributed by atoms with Gasteiger partial charge in [-0.15, -0.1) is 0 Å². The summed E-state index contributed by atoms with van der Waals surface area (Å²) in [6, 6.07) is 2.51. The van der Waals surface area contributed by atoms with Gasteiger partial charge in [-0.25, -0.2) is 9.59 Å². The quantitative estimate of drug-likeness (QED) is 0.832. The van der Waals surface area contributed by atoms with Crippen LogP contribution in [0.4, 0.5) is 0 Å². The van der Waals surface area contributed by atoms with Crippen LogP contribution in [-0.4, -0.2) is 35.4 Å². The van der Waals surface area contributed by atoms with Crippen LogP contribution in [0.1, 0.15) is 0 Å². The molecule has 0 fully saturated rings. The minimum absolute atomic E-state index is 0.0452. The van der Waals surface area contributed by atoms with Crippen LogP contribution in [0.25, 0.3) is 0 Å². The zero-order valence-electron chi connectivity index (χ0n) is 8.85. The summed E-state index contributed by atoms with van der Waals surface area (Å²) in [4.78, 5) is 20.7. The Kier molecular flexibility index (Phi) is 5.06. The maximum atomic E-state index is 10.3. The van der Waals surface area contributed by atoms with Gasteiger partial charge in [0.25, 0.3) is 0 Å². The molecule has 0 aliphatic carbocycles. The Morgan fingerprint density at radius 1 is 0.944 bits per heavy atom. The molecule has 0 amide bonds. The predicted molar refractivity (Wildman–Crippen MR) is 62.7 cm³/mol. The molecule has 0 saturated carbocycles. The van der Waals surface area contributed by atoms with Crippen molar-refractivity contribution >= 4 is 35.1 Å². The van der Waals surface area contributed by atoms with E-state index in [1.54, 1.807) is 0 Å². The molecule has 0 aliphatic heterocycles. The molecule has 0 saturated heterocycles. The van der Waals surface area contributed by atoms with Crippen molar-refractivity contribution in [1.82, 2.24) is 0 Å². The molecule has 0 atom stereocenters. The number of carboxylic acids is 2. The average molecular weight is 295 g/mol. The number of rotatable bonds is 6. The van der Waals surface area contributed by atoms with Crippen LogP contribution >= 0.6 is 23.2 Å². The number of carboxylic acid groups (broad SMARTS) is 2. The van der Waals surface area contributed by atoms with Crippen molar-refractivity contribution in [2.75, 3.05) is 13.2 Å². The van der Waals surface area contributed by atoms with Gasteiger partial charge in [-0.05, 0) is 6.07 Å². The molecule has 18 heavy (non-hydrogen) atoms. The number of benzene rings is 1. The topological polar surface area (TPSA) is 93.1 Å². The number of aliphatic carboxylic acids is 2. The van der Waals surface area contributed by atoms with Crippen LogP contribution in [0, 0.1) is 0 Å². The lowest BCUT2D eigenvalue weighted by Crippen LogP contribution is -2.11. The highest BCUT2D eigenvalue weighted by Crippen LogP contribution is 2.35. The van der Waals surface area contributed by atoms with Crippen LogP contribution in [-0.2, 0) is 9.59 Å². The third-order valence-electron chi connectivity index (χ3n) is 1.69. The third kappa shape index (κ3) is 4.31. The van der Waals surface area contributed by atoms with Crippen molar-refractivity contribution < 1.29 is 29.3 Å². The lowest BCUT2D eigenvalue weighted by atomic mass is 10.3. The summed E-state index contributed by atoms with van der Waals surface area (Å²) in [7, 11) is 0. The second-order valence-electron chi connectivity index (χ2n) is 3.08. The Labute approximate surface area is 112 Å². The molecule has 0 aliphatic rings. The van der Waals surface area contributed by atoms with E-state index in [0.29, 0.717) is 0 Å². The fourth-order valence-corrected chi connectivity index (χ4v) is 1.50. The first-order valence-corrected chi connectivity index (χ1v) is 5.34. The maximum Gasteiger partial charge on any atom is 0.341 e. The molecule has 0 radical (unpaired) electrons. The molecular formula is C10H8Cl2O6. The number of hydrogen-bond donors (Lipinski definition) is 2. The number of carbonyl (C=O) groups is 2. The summed E-state index contributed by atoms with van der Waals surface area (Å²) in [6.07, 6.45) is 0. The lowest BCUT2D eigenvalue weighted by molar-refractivity contribution is -0.140. The lowest BCUT2D eigenvalue weighted by Gasteiger charge is -2.10. The van der Waals surface area contributed by atoms with Crippen molar-refractivity contribution in [3.05, 3.63) is 22.2 Å². The largest absolute Gasteiger partial charge is 0.480 e. The van der Waals surface area contributed by atoms with Gasteiger partial charge in [0.15, 0.2) is 13.2 Å². The van der Waals surface area contributed by atoms with Crippen LogP contribution < -0.4 is 9.47 Å². The minimum atomic E-state index is -1.17. The molecule has 1 rings (SSSR count). The molecule has 0 spiro atoms. The highest BCUT2D eigenvalue weighted by Gasteiger charge is 2.12. The summed E-state index contributed by atoms with van der Waals surface area (Å²) in [5, 5.41) is 17.1. The van der Waals surface area contributed by atoms with E-state index >= 15 is 0 Å². The minimum Gasteiger partial charge on any atom is -0.480 e. The van der Waals surface area contributed by atoms with Gasteiger partial charge in [-0.1, -0.05) is 23.2 Å². The van der Waals surface area contributed by atoms with Crippen molar-refractivity contribution in [2.45, 2.75) is 0 Å². The second kappa shape index (κ2) is 6.32. The molecule has 0 bridgehead atoms. The number of hydrogen-bond acceptors (Lipinski definition) is 4. The Balaban J connectivity index is 2.87. The van der Waals surface area contributed by atoms with E-state index in [4.69, 9.17) is 42.9 Å². The van der Waals surface area contributed by atoms with E-state index in [1.165, 1.54) is 12.1 Å². The SMILES string of the molecule is O=C(O)COc1cc(OCC(=O)O)c(Cl)cc1Cl. The van der Waals surface area contributed by atoms with Gasteiger partial charge >= 0.3 is 11.9 Å². The summed E-state index contributed by atoms with van der Waals surface area (Å²) in [5.74, 6) is -2.25. The van der Waals surface area contributed by atoms with E-state index in [-0.39, 0.29) is 21.5 Å². The molecule has 1 aromatic rings. The zero-order chi connectivity index (χ0) is 13.7. The molecule has 98 valence electrons. The smallest absolute Gasteiger partial charge is 0.341 e. The van der Waals surface area contributed by atoms with Crippen LogP contribution in [0.15, 0.2) is 12.1 Å². The monoisotopic (exact) mass is 294 g/mol. The van der Waals surface area contributed by atoms with Gasteiger partial charge in [-0.2, -0.15) is 0 Å². The second-order valence-corrected chi connectivity index (χ2v) is 3.89. The van der Waals surface area contributed by atoms with Crippen molar-refractivity contribution in [1.29, 1.82) is 0 Å². The third-order valence-corrected chi connectivity index (χ3v) is 2.28. The highest BCUT2D eigenvalue weighted by atomic mass is 35.5. The Morgan fingerprint density at radius 2 is 1.33 bits per heavy atom. The Bertz CT molecular complexity index is 434. The zero-order valence-corrected chi connectivity index (χ0v) is 10.4. The molecule has 0 aromatic heterocycles. The maximum absolute atomic E-state index is 10.3. The first-order chi connectivity index (χ1) is 8.40. The van der Waals surface area contributed by atoms with Gasteiger partial charge in [0.1, 0.15) is 11.5 Å². The van der Waals surface area contributed by atoms with Gasteiger partial charge in [0.05, 0.1) is 10.0 Å². The van der Waals surface area contributed by atoms with Gasteiger partial charge in [0.2, 0.25) is 0 Å². The van der Waals surface area contributed by atoms with Crippen LogP contribution in [0.2, 0.25) is 10.0 Å². The van der Waals surface area contributed by atoms with Crippen molar-refractivity contribution in [3.63, 3.8) is 0 Å². The highest BCUT2D eigenvalue weighted by molar-refractivity contribution is 6.36. The fraction of sp³-hybridized carbons (Fsp3) is 0.200. The Morgan fingerprint density at radius 3 is 1.67 bits per heavy atom. The van der Waals surface area contributed by atoms with Gasteiger partial charge in [-0.3, -0.25) is 0 Å². The summed E-state index contributed by atoms with van der Waals surface area (Å²) in [6.45, 7) is -1.17.